The number of hydrogen-bond donors (Lipinski definition) is 3. The lowest BCUT2D eigenvalue weighted by atomic mass is 10.1. The van der Waals surface area contributed by atoms with Crippen molar-refractivity contribution >= 4 is 34.0 Å². The zero-order valence-corrected chi connectivity index (χ0v) is 14.0. The van der Waals surface area contributed by atoms with E-state index in [2.05, 4.69) is 10.6 Å². The Balaban J connectivity index is 0.00000400. The Morgan fingerprint density at radius 2 is 1.90 bits per heavy atom. The maximum absolute atomic E-state index is 11.8. The Bertz CT molecular complexity index is 603. The first-order chi connectivity index (χ1) is 9.25. The molecule has 0 spiro atoms. The van der Waals surface area contributed by atoms with Crippen molar-refractivity contribution in [3.63, 3.8) is 0 Å². The number of aryl methyl sites for hydroxylation is 1. The average molecular weight is 336 g/mol. The van der Waals surface area contributed by atoms with Crippen LogP contribution < -0.4 is 15.8 Å². The van der Waals surface area contributed by atoms with Crippen LogP contribution in [-0.2, 0) is 14.8 Å². The number of sulfonamides is 1. The van der Waals surface area contributed by atoms with Crippen LogP contribution in [-0.4, -0.2) is 27.9 Å². The summed E-state index contributed by atoms with van der Waals surface area (Å²) < 4.78 is 22.8. The average Bonchev–Trinajstić information content (AvgIpc) is 2.33. The van der Waals surface area contributed by atoms with Gasteiger partial charge >= 0.3 is 0 Å². The first-order valence-electron chi connectivity index (χ1n) is 6.34. The fourth-order valence-electron chi connectivity index (χ4n) is 1.76. The van der Waals surface area contributed by atoms with Crippen molar-refractivity contribution in [3.05, 3.63) is 23.3 Å². The highest BCUT2D eigenvalue weighted by atomic mass is 35.5. The zero-order chi connectivity index (χ0) is 15.3. The molecule has 1 aromatic carbocycles. The number of anilines is 1. The highest BCUT2D eigenvalue weighted by molar-refractivity contribution is 7.89. The van der Waals surface area contributed by atoms with Crippen molar-refractivity contribution < 1.29 is 13.2 Å². The Morgan fingerprint density at radius 1 is 1.29 bits per heavy atom. The zero-order valence-electron chi connectivity index (χ0n) is 12.4. The molecule has 8 heteroatoms. The van der Waals surface area contributed by atoms with Crippen molar-refractivity contribution in [2.45, 2.75) is 31.6 Å². The van der Waals surface area contributed by atoms with E-state index in [0.717, 1.165) is 24.1 Å². The van der Waals surface area contributed by atoms with E-state index in [1.165, 1.54) is 12.1 Å². The molecule has 4 N–H and O–H groups in total. The first kappa shape index (κ1) is 19.9. The van der Waals surface area contributed by atoms with Crippen molar-refractivity contribution in [1.29, 1.82) is 0 Å². The van der Waals surface area contributed by atoms with Gasteiger partial charge in [-0.1, -0.05) is 0 Å². The molecule has 0 aliphatic rings. The van der Waals surface area contributed by atoms with E-state index in [-0.39, 0.29) is 23.2 Å². The molecule has 0 atom stereocenters. The van der Waals surface area contributed by atoms with Gasteiger partial charge in [0.2, 0.25) is 15.9 Å². The van der Waals surface area contributed by atoms with Crippen LogP contribution in [0.5, 0.6) is 0 Å². The van der Waals surface area contributed by atoms with Gasteiger partial charge in [0.1, 0.15) is 0 Å². The van der Waals surface area contributed by atoms with E-state index >= 15 is 0 Å². The molecule has 0 heterocycles. The van der Waals surface area contributed by atoms with Gasteiger partial charge in [0.05, 0.1) is 4.90 Å². The molecule has 0 aliphatic carbocycles. The molecule has 1 aromatic rings. The monoisotopic (exact) mass is 335 g/mol. The lowest BCUT2D eigenvalue weighted by Gasteiger charge is -2.12. The second-order valence-electron chi connectivity index (χ2n) is 4.71. The maximum Gasteiger partial charge on any atom is 0.238 e. The molecule has 120 valence electrons. The molecule has 0 radical (unpaired) electrons. The molecular formula is C13H22ClN3O3S. The Morgan fingerprint density at radius 3 is 2.43 bits per heavy atom. The van der Waals surface area contributed by atoms with Gasteiger partial charge < -0.3 is 10.6 Å². The van der Waals surface area contributed by atoms with Crippen molar-refractivity contribution in [2.75, 3.05) is 18.9 Å². The van der Waals surface area contributed by atoms with E-state index in [4.69, 9.17) is 5.14 Å². The van der Waals surface area contributed by atoms with Crippen LogP contribution in [0.3, 0.4) is 0 Å². The molecule has 0 aliphatic heterocycles. The molecule has 0 fully saturated rings. The molecule has 1 amide bonds. The quantitative estimate of drug-likeness (QED) is 0.682. The molecular weight excluding hydrogens is 314 g/mol. The number of hydrogen-bond acceptors (Lipinski definition) is 4. The van der Waals surface area contributed by atoms with Crippen LogP contribution >= 0.6 is 12.4 Å². The number of primary sulfonamides is 1. The molecule has 0 saturated heterocycles. The van der Waals surface area contributed by atoms with Crippen LogP contribution in [0.15, 0.2) is 17.0 Å². The third kappa shape index (κ3) is 6.01. The Hall–Kier alpha value is -1.15. The van der Waals surface area contributed by atoms with Crippen LogP contribution in [0.2, 0.25) is 0 Å². The standard InChI is InChI=1S/C13H21N3O3S.ClH/c1-9-7-11(20(14,18)19)8-12(10(9)2)16-13(17)5-4-6-15-3;/h7-8,15H,4-6H2,1-3H3,(H,16,17)(H2,14,18,19);1H. The van der Waals surface area contributed by atoms with E-state index in [1.54, 1.807) is 6.92 Å². The SMILES string of the molecule is CNCCCC(=O)Nc1cc(S(N)(=O)=O)cc(C)c1C.Cl. The Kier molecular flexibility index (Phi) is 7.87. The normalized spacial score (nSPS) is 10.9. The number of carbonyl (C=O) groups excluding carboxylic acids is 1. The number of carbonyl (C=O) groups is 1. The largest absolute Gasteiger partial charge is 0.326 e. The summed E-state index contributed by atoms with van der Waals surface area (Å²) in [6.45, 7) is 4.36. The summed E-state index contributed by atoms with van der Waals surface area (Å²) in [7, 11) is -1.96. The molecule has 0 bridgehead atoms. The number of amides is 1. The number of halogens is 1. The topological polar surface area (TPSA) is 101 Å². The van der Waals surface area contributed by atoms with Gasteiger partial charge in [-0.05, 0) is 57.1 Å². The maximum atomic E-state index is 11.8. The van der Waals surface area contributed by atoms with E-state index in [0.29, 0.717) is 12.1 Å². The minimum absolute atomic E-state index is 0. The fourth-order valence-corrected chi connectivity index (χ4v) is 2.38. The summed E-state index contributed by atoms with van der Waals surface area (Å²) in [5.41, 5.74) is 2.09. The molecule has 6 nitrogen and oxygen atoms in total. The van der Waals surface area contributed by atoms with Crippen LogP contribution in [0, 0.1) is 13.8 Å². The molecule has 0 saturated carbocycles. The second kappa shape index (κ2) is 8.33. The number of nitrogens with one attached hydrogen (secondary N) is 2. The van der Waals surface area contributed by atoms with Gasteiger partial charge in [-0.3, -0.25) is 4.79 Å². The van der Waals surface area contributed by atoms with Crippen LogP contribution in [0.4, 0.5) is 5.69 Å². The third-order valence-electron chi connectivity index (χ3n) is 3.07. The van der Waals surface area contributed by atoms with Crippen molar-refractivity contribution in [3.8, 4) is 0 Å². The van der Waals surface area contributed by atoms with E-state index in [9.17, 15) is 13.2 Å². The van der Waals surface area contributed by atoms with Crippen molar-refractivity contribution in [1.82, 2.24) is 5.32 Å². The highest BCUT2D eigenvalue weighted by Crippen LogP contribution is 2.23. The lowest BCUT2D eigenvalue weighted by molar-refractivity contribution is -0.116. The smallest absolute Gasteiger partial charge is 0.238 e. The van der Waals surface area contributed by atoms with E-state index in [1.807, 2.05) is 14.0 Å². The second-order valence-corrected chi connectivity index (χ2v) is 6.27. The molecule has 21 heavy (non-hydrogen) atoms. The predicted molar refractivity (Wildman–Crippen MR) is 86.3 cm³/mol. The van der Waals surface area contributed by atoms with E-state index < -0.39 is 10.0 Å². The number of rotatable bonds is 6. The summed E-state index contributed by atoms with van der Waals surface area (Å²) in [6.07, 6.45) is 1.09. The van der Waals surface area contributed by atoms with Crippen LogP contribution in [0.1, 0.15) is 24.0 Å². The van der Waals surface area contributed by atoms with Crippen LogP contribution in [0.25, 0.3) is 0 Å². The number of nitrogens with two attached hydrogens (primary N) is 1. The summed E-state index contributed by atoms with van der Waals surface area (Å²) in [6, 6.07) is 2.90. The number of benzene rings is 1. The molecule has 0 unspecified atom stereocenters. The summed E-state index contributed by atoms with van der Waals surface area (Å²) >= 11 is 0. The van der Waals surface area contributed by atoms with Gasteiger partial charge in [-0.2, -0.15) is 0 Å². The van der Waals surface area contributed by atoms with Crippen molar-refractivity contribution in [2.24, 2.45) is 5.14 Å². The minimum atomic E-state index is -3.78. The van der Waals surface area contributed by atoms with Gasteiger partial charge in [0.25, 0.3) is 0 Å². The van der Waals surface area contributed by atoms with Gasteiger partial charge in [-0.25, -0.2) is 13.6 Å². The predicted octanol–water partition coefficient (Wildman–Crippen LogP) is 1.31. The van der Waals surface area contributed by atoms with Gasteiger partial charge in [0.15, 0.2) is 0 Å². The van der Waals surface area contributed by atoms with Gasteiger partial charge in [-0.15, -0.1) is 12.4 Å². The fraction of sp³-hybridized carbons (Fsp3) is 0.462. The van der Waals surface area contributed by atoms with Gasteiger partial charge in [0, 0.05) is 12.1 Å². The summed E-state index contributed by atoms with van der Waals surface area (Å²) in [5.74, 6) is -0.144. The summed E-state index contributed by atoms with van der Waals surface area (Å²) in [4.78, 5) is 11.8. The highest BCUT2D eigenvalue weighted by Gasteiger charge is 2.14. The first-order valence-corrected chi connectivity index (χ1v) is 7.89. The molecule has 1 rings (SSSR count). The third-order valence-corrected chi connectivity index (χ3v) is 3.97. The Labute approximate surface area is 132 Å². The molecule has 0 aromatic heterocycles. The lowest BCUT2D eigenvalue weighted by Crippen LogP contribution is -2.17. The summed E-state index contributed by atoms with van der Waals surface area (Å²) in [5, 5.41) is 10.8. The minimum Gasteiger partial charge on any atom is -0.326 e.